The summed E-state index contributed by atoms with van der Waals surface area (Å²) in [6.07, 6.45) is -0.225. The van der Waals surface area contributed by atoms with Crippen LogP contribution in [0.2, 0.25) is 0 Å². The number of hydrogen-bond acceptors (Lipinski definition) is 5. The summed E-state index contributed by atoms with van der Waals surface area (Å²) in [4.78, 5) is 16.7. The third-order valence-corrected chi connectivity index (χ3v) is 3.95. The van der Waals surface area contributed by atoms with Gasteiger partial charge in [0.1, 0.15) is 23.3 Å². The maximum atomic E-state index is 11.0. The fourth-order valence-corrected chi connectivity index (χ4v) is 2.85. The lowest BCUT2D eigenvalue weighted by molar-refractivity contribution is 0.155. The Morgan fingerprint density at radius 1 is 1.57 bits per heavy atom. The summed E-state index contributed by atoms with van der Waals surface area (Å²) in [7, 11) is 1.58. The normalized spacial score (nSPS) is 17.0. The van der Waals surface area contributed by atoms with Crippen LogP contribution in [0, 0.1) is 11.3 Å². The van der Waals surface area contributed by atoms with E-state index in [1.807, 2.05) is 18.2 Å². The summed E-state index contributed by atoms with van der Waals surface area (Å²) < 4.78 is 5.40. The molecule has 0 spiro atoms. The van der Waals surface area contributed by atoms with E-state index in [0.717, 1.165) is 10.8 Å². The highest BCUT2D eigenvalue weighted by Crippen LogP contribution is 2.32. The Labute approximate surface area is 133 Å². The van der Waals surface area contributed by atoms with E-state index in [9.17, 15) is 4.79 Å². The van der Waals surface area contributed by atoms with Crippen LogP contribution in [0.15, 0.2) is 24.3 Å². The van der Waals surface area contributed by atoms with Crippen molar-refractivity contribution < 1.29 is 14.6 Å². The zero-order chi connectivity index (χ0) is 16.4. The number of methoxy groups -OCH3 is 1. The van der Waals surface area contributed by atoms with E-state index in [1.165, 1.54) is 4.90 Å². The predicted molar refractivity (Wildman–Crippen MR) is 84.6 cm³/mol. The van der Waals surface area contributed by atoms with Crippen LogP contribution in [-0.2, 0) is 0 Å². The number of aromatic nitrogens is 1. The van der Waals surface area contributed by atoms with Crippen molar-refractivity contribution in [2.75, 3.05) is 25.5 Å². The monoisotopic (exact) mass is 312 g/mol. The van der Waals surface area contributed by atoms with E-state index in [-0.39, 0.29) is 6.04 Å². The number of nitrogens with zero attached hydrogens (tertiary/aromatic N) is 3. The van der Waals surface area contributed by atoms with Gasteiger partial charge in [0.15, 0.2) is 0 Å². The standard InChI is InChI=1S/C16H16N4O3/c1-23-13-4-2-3-10-7-12(8-17)19-15(14(10)13)18-11-5-6-20(9-11)16(21)22/h2-4,7,11H,5-6,9H2,1H3,(H,18,19)(H,21,22). The minimum Gasteiger partial charge on any atom is -0.496 e. The summed E-state index contributed by atoms with van der Waals surface area (Å²) in [6, 6.07) is 9.30. The summed E-state index contributed by atoms with van der Waals surface area (Å²) in [6.45, 7) is 0.879. The SMILES string of the molecule is COc1cccc2cc(C#N)nc(NC3CCN(C(=O)O)C3)c12. The molecule has 0 radical (unpaired) electrons. The molecule has 23 heavy (non-hydrogen) atoms. The number of fused-ring (bicyclic) bond motifs is 1. The number of carboxylic acid groups (broad SMARTS) is 1. The first-order valence-electron chi connectivity index (χ1n) is 7.24. The van der Waals surface area contributed by atoms with Crippen LogP contribution in [0.4, 0.5) is 10.6 Å². The van der Waals surface area contributed by atoms with Crippen LogP contribution in [0.1, 0.15) is 12.1 Å². The van der Waals surface area contributed by atoms with Crippen LogP contribution in [0.5, 0.6) is 5.75 Å². The highest BCUT2D eigenvalue weighted by atomic mass is 16.5. The molecule has 1 amide bonds. The summed E-state index contributed by atoms with van der Waals surface area (Å²) >= 11 is 0. The van der Waals surface area contributed by atoms with Gasteiger partial charge in [-0.05, 0) is 23.9 Å². The quantitative estimate of drug-likeness (QED) is 0.902. The smallest absolute Gasteiger partial charge is 0.407 e. The molecule has 1 aromatic carbocycles. The summed E-state index contributed by atoms with van der Waals surface area (Å²) in [5.41, 5.74) is 0.307. The molecule has 118 valence electrons. The fourth-order valence-electron chi connectivity index (χ4n) is 2.85. The zero-order valence-corrected chi connectivity index (χ0v) is 12.6. The molecule has 3 rings (SSSR count). The minimum atomic E-state index is -0.921. The minimum absolute atomic E-state index is 0.0411. The summed E-state index contributed by atoms with van der Waals surface area (Å²) in [5, 5.41) is 23.1. The first-order chi connectivity index (χ1) is 11.1. The van der Waals surface area contributed by atoms with Gasteiger partial charge in [0.25, 0.3) is 0 Å². The van der Waals surface area contributed by atoms with Gasteiger partial charge in [-0.2, -0.15) is 5.26 Å². The number of ether oxygens (including phenoxy) is 1. The number of likely N-dealkylation sites (tertiary alicyclic amines) is 1. The molecular formula is C16H16N4O3. The highest BCUT2D eigenvalue weighted by molar-refractivity contribution is 5.97. The first kappa shape index (κ1) is 14.9. The number of nitriles is 1. The fraction of sp³-hybridized carbons (Fsp3) is 0.312. The van der Waals surface area contributed by atoms with E-state index in [4.69, 9.17) is 15.1 Å². The van der Waals surface area contributed by atoms with E-state index < -0.39 is 6.09 Å². The number of carbonyl (C=O) groups is 1. The molecule has 1 saturated heterocycles. The zero-order valence-electron chi connectivity index (χ0n) is 12.6. The number of nitrogens with one attached hydrogen (secondary N) is 1. The van der Waals surface area contributed by atoms with Crippen molar-refractivity contribution in [3.8, 4) is 11.8 Å². The van der Waals surface area contributed by atoms with E-state index >= 15 is 0 Å². The Morgan fingerprint density at radius 3 is 3.04 bits per heavy atom. The average Bonchev–Trinajstić information content (AvgIpc) is 3.02. The van der Waals surface area contributed by atoms with Gasteiger partial charge in [-0.1, -0.05) is 12.1 Å². The maximum Gasteiger partial charge on any atom is 0.407 e. The third-order valence-electron chi connectivity index (χ3n) is 3.95. The van der Waals surface area contributed by atoms with Gasteiger partial charge < -0.3 is 20.1 Å². The number of pyridine rings is 1. The van der Waals surface area contributed by atoms with Gasteiger partial charge in [0, 0.05) is 19.1 Å². The first-order valence-corrected chi connectivity index (χ1v) is 7.24. The van der Waals surface area contributed by atoms with Gasteiger partial charge >= 0.3 is 6.09 Å². The second-order valence-electron chi connectivity index (χ2n) is 5.38. The van der Waals surface area contributed by atoms with Crippen molar-refractivity contribution in [2.45, 2.75) is 12.5 Å². The van der Waals surface area contributed by atoms with Crippen molar-refractivity contribution >= 4 is 22.7 Å². The summed E-state index contributed by atoms with van der Waals surface area (Å²) in [5.74, 6) is 1.21. The molecule has 1 aliphatic heterocycles. The number of amides is 1. The number of anilines is 1. The number of hydrogen-bond donors (Lipinski definition) is 2. The Bertz CT molecular complexity index is 800. The van der Waals surface area contributed by atoms with Crippen molar-refractivity contribution in [1.29, 1.82) is 5.26 Å². The van der Waals surface area contributed by atoms with Crippen LogP contribution in [0.3, 0.4) is 0 Å². The second kappa shape index (κ2) is 6.01. The molecule has 0 aliphatic carbocycles. The molecule has 2 N–H and O–H groups in total. The van der Waals surface area contributed by atoms with Crippen molar-refractivity contribution in [3.05, 3.63) is 30.0 Å². The van der Waals surface area contributed by atoms with Crippen LogP contribution >= 0.6 is 0 Å². The topological polar surface area (TPSA) is 98.5 Å². The lowest BCUT2D eigenvalue weighted by Crippen LogP contribution is -2.30. The average molecular weight is 312 g/mol. The lowest BCUT2D eigenvalue weighted by atomic mass is 10.1. The predicted octanol–water partition coefficient (Wildman–Crippen LogP) is 2.28. The molecule has 2 aromatic rings. The van der Waals surface area contributed by atoms with Crippen molar-refractivity contribution in [2.24, 2.45) is 0 Å². The lowest BCUT2D eigenvalue weighted by Gasteiger charge is -2.17. The Kier molecular flexibility index (Phi) is 3.89. The van der Waals surface area contributed by atoms with Crippen molar-refractivity contribution in [1.82, 2.24) is 9.88 Å². The largest absolute Gasteiger partial charge is 0.496 e. The van der Waals surface area contributed by atoms with E-state index in [1.54, 1.807) is 13.2 Å². The van der Waals surface area contributed by atoms with Crippen LogP contribution < -0.4 is 10.1 Å². The molecule has 1 unspecified atom stereocenters. The molecule has 7 heteroatoms. The number of benzene rings is 1. The van der Waals surface area contributed by atoms with Crippen LogP contribution in [-0.4, -0.2) is 47.3 Å². The molecule has 0 saturated carbocycles. The second-order valence-corrected chi connectivity index (χ2v) is 5.38. The number of rotatable bonds is 3. The van der Waals surface area contributed by atoms with Gasteiger partial charge in [-0.3, -0.25) is 0 Å². The van der Waals surface area contributed by atoms with E-state index in [2.05, 4.69) is 16.4 Å². The van der Waals surface area contributed by atoms with Crippen molar-refractivity contribution in [3.63, 3.8) is 0 Å². The molecule has 0 bridgehead atoms. The molecule has 1 atom stereocenters. The van der Waals surface area contributed by atoms with Gasteiger partial charge in [-0.15, -0.1) is 0 Å². The molecule has 1 aliphatic rings. The molecule has 1 aromatic heterocycles. The van der Waals surface area contributed by atoms with E-state index in [0.29, 0.717) is 36.8 Å². The molecule has 1 fully saturated rings. The van der Waals surface area contributed by atoms with Gasteiger partial charge in [-0.25, -0.2) is 9.78 Å². The Hall–Kier alpha value is -3.01. The third kappa shape index (κ3) is 2.83. The Balaban J connectivity index is 1.99. The molecule has 2 heterocycles. The Morgan fingerprint density at radius 2 is 2.39 bits per heavy atom. The van der Waals surface area contributed by atoms with Crippen LogP contribution in [0.25, 0.3) is 10.8 Å². The molecule has 7 nitrogen and oxygen atoms in total. The van der Waals surface area contributed by atoms with Gasteiger partial charge in [0.05, 0.1) is 12.5 Å². The highest BCUT2D eigenvalue weighted by Gasteiger charge is 2.26. The maximum absolute atomic E-state index is 11.0. The molecular weight excluding hydrogens is 296 g/mol. The van der Waals surface area contributed by atoms with Gasteiger partial charge in [0.2, 0.25) is 0 Å².